The molecule has 0 bridgehead atoms. The smallest absolute Gasteiger partial charge is 0.261 e. The predicted octanol–water partition coefficient (Wildman–Crippen LogP) is -0.910. The first-order valence-corrected chi connectivity index (χ1v) is 5.71. The average molecular weight is 263 g/mol. The van der Waals surface area contributed by atoms with Crippen molar-refractivity contribution < 1.29 is 14.4 Å². The number of aryl methyl sites for hydroxylation is 2. The van der Waals surface area contributed by atoms with Crippen LogP contribution in [-0.4, -0.2) is 40.7 Å². The van der Waals surface area contributed by atoms with Crippen molar-refractivity contribution in [2.45, 2.75) is 13.8 Å². The van der Waals surface area contributed by atoms with Crippen molar-refractivity contribution in [1.82, 2.24) is 15.2 Å². The number of nitrogens with zero attached hydrogens (tertiary/aromatic N) is 1. The van der Waals surface area contributed by atoms with Gasteiger partial charge < -0.3 is 9.88 Å². The van der Waals surface area contributed by atoms with Gasteiger partial charge in [0, 0.05) is 5.69 Å². The molecule has 0 radical (unpaired) electrons. The molecule has 0 aliphatic carbocycles. The summed E-state index contributed by atoms with van der Waals surface area (Å²) in [5.41, 5.74) is 0.616. The first-order chi connectivity index (χ1) is 8.88. The Morgan fingerprint density at radius 1 is 1.16 bits per heavy atom. The van der Waals surface area contributed by atoms with E-state index in [1.54, 1.807) is 19.9 Å². The number of hydrogen-bond acceptors (Lipinski definition) is 4. The maximum atomic E-state index is 12.2. The molecule has 100 valence electrons. The molecule has 2 heterocycles. The van der Waals surface area contributed by atoms with Crippen molar-refractivity contribution in [3.8, 4) is 0 Å². The van der Waals surface area contributed by atoms with E-state index in [9.17, 15) is 19.2 Å². The third-order valence-electron chi connectivity index (χ3n) is 2.81. The quantitative estimate of drug-likeness (QED) is 0.641. The van der Waals surface area contributed by atoms with E-state index in [2.05, 4.69) is 10.3 Å². The molecule has 1 fully saturated rings. The molecule has 2 N–H and O–H groups in total. The molecule has 0 unspecified atom stereocenters. The Morgan fingerprint density at radius 2 is 1.74 bits per heavy atom. The molecule has 0 atom stereocenters. The molecule has 3 amide bonds. The number of rotatable bonds is 1. The zero-order chi connectivity index (χ0) is 14.2. The molecule has 1 aliphatic heterocycles. The van der Waals surface area contributed by atoms with Gasteiger partial charge in [-0.1, -0.05) is 0 Å². The number of nitrogens with one attached hydrogen (secondary N) is 2. The molecule has 7 heteroatoms. The van der Waals surface area contributed by atoms with Gasteiger partial charge in [0.05, 0.1) is 0 Å². The van der Waals surface area contributed by atoms with Crippen molar-refractivity contribution in [2.24, 2.45) is 0 Å². The van der Waals surface area contributed by atoms with Crippen LogP contribution in [0.1, 0.15) is 21.6 Å². The lowest BCUT2D eigenvalue weighted by Gasteiger charge is -2.25. The third kappa shape index (κ3) is 2.54. The number of carbonyl (C=O) groups excluding carboxylic acids is 3. The maximum absolute atomic E-state index is 12.2. The minimum Gasteiger partial charge on any atom is -0.326 e. The fraction of sp³-hybridized carbons (Fsp3) is 0.333. The highest BCUT2D eigenvalue weighted by Crippen LogP contribution is 2.08. The number of amides is 3. The van der Waals surface area contributed by atoms with Gasteiger partial charge in [-0.2, -0.15) is 0 Å². The van der Waals surface area contributed by atoms with Crippen LogP contribution in [0, 0.1) is 13.8 Å². The van der Waals surface area contributed by atoms with E-state index in [4.69, 9.17) is 0 Å². The molecule has 1 saturated heterocycles. The van der Waals surface area contributed by atoms with E-state index in [1.165, 1.54) is 0 Å². The number of H-pyrrole nitrogens is 1. The van der Waals surface area contributed by atoms with Crippen molar-refractivity contribution >= 4 is 17.7 Å². The molecular formula is C12H13N3O4. The second-order valence-electron chi connectivity index (χ2n) is 4.47. The van der Waals surface area contributed by atoms with Gasteiger partial charge in [-0.05, 0) is 25.5 Å². The first-order valence-electron chi connectivity index (χ1n) is 5.71. The van der Waals surface area contributed by atoms with Crippen LogP contribution in [0.15, 0.2) is 10.9 Å². The molecule has 2 rings (SSSR count). The number of pyridine rings is 1. The third-order valence-corrected chi connectivity index (χ3v) is 2.81. The van der Waals surface area contributed by atoms with Crippen LogP contribution in [0.5, 0.6) is 0 Å². The highest BCUT2D eigenvalue weighted by Gasteiger charge is 2.29. The van der Waals surface area contributed by atoms with E-state index in [-0.39, 0.29) is 18.7 Å². The second-order valence-corrected chi connectivity index (χ2v) is 4.47. The van der Waals surface area contributed by atoms with E-state index < -0.39 is 23.3 Å². The fourth-order valence-electron chi connectivity index (χ4n) is 2.06. The minimum absolute atomic E-state index is 0.0342. The maximum Gasteiger partial charge on any atom is 0.261 e. The van der Waals surface area contributed by atoms with Crippen molar-refractivity contribution in [3.63, 3.8) is 0 Å². The molecule has 7 nitrogen and oxygen atoms in total. The van der Waals surface area contributed by atoms with Gasteiger partial charge in [0.25, 0.3) is 11.5 Å². The Morgan fingerprint density at radius 3 is 2.26 bits per heavy atom. The molecule has 0 spiro atoms. The van der Waals surface area contributed by atoms with Crippen molar-refractivity contribution in [1.29, 1.82) is 0 Å². The van der Waals surface area contributed by atoms with Crippen molar-refractivity contribution in [2.75, 3.05) is 13.1 Å². The van der Waals surface area contributed by atoms with Crippen LogP contribution in [0.25, 0.3) is 0 Å². The molecular weight excluding hydrogens is 250 g/mol. The number of hydrogen-bond donors (Lipinski definition) is 2. The molecule has 1 aliphatic rings. The minimum atomic E-state index is -0.609. The SMILES string of the molecule is Cc1cc(C)c(C(=O)N2CC(=O)NC(=O)C2)c(=O)[nH]1. The Balaban J connectivity index is 2.37. The topological polar surface area (TPSA) is 99.3 Å². The van der Waals surface area contributed by atoms with Crippen LogP contribution in [0.2, 0.25) is 0 Å². The normalized spacial score (nSPS) is 15.4. The van der Waals surface area contributed by atoms with Crippen LogP contribution < -0.4 is 10.9 Å². The Kier molecular flexibility index (Phi) is 3.20. The van der Waals surface area contributed by atoms with Gasteiger partial charge in [-0.3, -0.25) is 24.5 Å². The summed E-state index contributed by atoms with van der Waals surface area (Å²) in [4.78, 5) is 50.1. The zero-order valence-corrected chi connectivity index (χ0v) is 10.6. The lowest BCUT2D eigenvalue weighted by molar-refractivity contribution is -0.135. The number of imide groups is 1. The van der Waals surface area contributed by atoms with Crippen LogP contribution in [-0.2, 0) is 9.59 Å². The van der Waals surface area contributed by atoms with Gasteiger partial charge >= 0.3 is 0 Å². The van der Waals surface area contributed by atoms with E-state index in [1.807, 2.05) is 0 Å². The summed E-state index contributed by atoms with van der Waals surface area (Å²) < 4.78 is 0. The number of carbonyl (C=O) groups is 3. The number of piperazine rings is 1. The first kappa shape index (κ1) is 13.0. The summed E-state index contributed by atoms with van der Waals surface area (Å²) in [6.07, 6.45) is 0. The van der Waals surface area contributed by atoms with Crippen molar-refractivity contribution in [3.05, 3.63) is 33.2 Å². The Labute approximate surface area is 108 Å². The summed E-state index contributed by atoms with van der Waals surface area (Å²) in [6.45, 7) is 2.90. The van der Waals surface area contributed by atoms with E-state index in [0.717, 1.165) is 4.90 Å². The summed E-state index contributed by atoms with van der Waals surface area (Å²) in [7, 11) is 0. The van der Waals surface area contributed by atoms with Crippen LogP contribution in [0.4, 0.5) is 0 Å². The zero-order valence-electron chi connectivity index (χ0n) is 10.6. The number of aromatic nitrogens is 1. The van der Waals surface area contributed by atoms with Crippen LogP contribution in [0.3, 0.4) is 0 Å². The molecule has 1 aromatic heterocycles. The lowest BCUT2D eigenvalue weighted by atomic mass is 10.1. The summed E-state index contributed by atoms with van der Waals surface area (Å²) in [5, 5.41) is 2.10. The van der Waals surface area contributed by atoms with Gasteiger partial charge in [0.1, 0.15) is 18.7 Å². The summed E-state index contributed by atoms with van der Waals surface area (Å²) in [6, 6.07) is 1.67. The van der Waals surface area contributed by atoms with E-state index in [0.29, 0.717) is 11.3 Å². The molecule has 19 heavy (non-hydrogen) atoms. The highest BCUT2D eigenvalue weighted by atomic mass is 16.2. The summed E-state index contributed by atoms with van der Waals surface area (Å²) in [5.74, 6) is -1.71. The van der Waals surface area contributed by atoms with Gasteiger partial charge in [0.15, 0.2) is 0 Å². The molecule has 1 aromatic rings. The number of aromatic amines is 1. The van der Waals surface area contributed by atoms with Crippen LogP contribution >= 0.6 is 0 Å². The van der Waals surface area contributed by atoms with E-state index >= 15 is 0 Å². The second kappa shape index (κ2) is 4.68. The lowest BCUT2D eigenvalue weighted by Crippen LogP contribution is -2.54. The fourth-order valence-corrected chi connectivity index (χ4v) is 2.06. The Hall–Kier alpha value is -2.44. The van der Waals surface area contributed by atoms with Gasteiger partial charge in [-0.15, -0.1) is 0 Å². The monoisotopic (exact) mass is 263 g/mol. The van der Waals surface area contributed by atoms with Gasteiger partial charge in [0.2, 0.25) is 11.8 Å². The van der Waals surface area contributed by atoms with Gasteiger partial charge in [-0.25, -0.2) is 0 Å². The average Bonchev–Trinajstić information content (AvgIpc) is 2.25. The highest BCUT2D eigenvalue weighted by molar-refractivity contribution is 6.06. The largest absolute Gasteiger partial charge is 0.326 e. The standard InChI is InChI=1S/C12H13N3O4/c1-6-3-7(2)13-11(18)10(6)12(19)15-4-8(16)14-9(17)5-15/h3H,4-5H2,1-2H3,(H,13,18)(H,14,16,17). The predicted molar refractivity (Wildman–Crippen MR) is 65.6 cm³/mol. The summed E-state index contributed by atoms with van der Waals surface area (Å²) >= 11 is 0. The molecule has 0 aromatic carbocycles. The Bertz CT molecular complexity index is 616. The molecule has 0 saturated carbocycles.